The summed E-state index contributed by atoms with van der Waals surface area (Å²) in [5, 5.41) is 6.87. The average Bonchev–Trinajstić information content (AvgIpc) is 2.98. The van der Waals surface area contributed by atoms with Gasteiger partial charge in [0.1, 0.15) is 5.41 Å². The zero-order valence-electron chi connectivity index (χ0n) is 13.0. The van der Waals surface area contributed by atoms with E-state index in [9.17, 15) is 13.6 Å². The molecule has 2 aliphatic carbocycles. The van der Waals surface area contributed by atoms with Gasteiger partial charge in [-0.2, -0.15) is 0 Å². The minimum absolute atomic E-state index is 0.147. The lowest BCUT2D eigenvalue weighted by atomic mass is 9.76. The molecule has 3 fully saturated rings. The van der Waals surface area contributed by atoms with Crippen molar-refractivity contribution in [3.05, 3.63) is 17.5 Å². The van der Waals surface area contributed by atoms with Crippen molar-refractivity contribution in [1.82, 2.24) is 10.5 Å². The van der Waals surface area contributed by atoms with E-state index in [0.29, 0.717) is 44.7 Å². The molecule has 5 nitrogen and oxygen atoms in total. The topological polar surface area (TPSA) is 64.4 Å². The second-order valence-corrected chi connectivity index (χ2v) is 7.06. The Balaban J connectivity index is 1.50. The van der Waals surface area contributed by atoms with E-state index in [1.165, 1.54) is 0 Å². The van der Waals surface area contributed by atoms with Gasteiger partial charge in [-0.3, -0.25) is 4.79 Å². The van der Waals surface area contributed by atoms with Crippen LogP contribution >= 0.6 is 0 Å². The smallest absolute Gasteiger partial charge is 0.254 e. The predicted octanol–water partition coefficient (Wildman–Crippen LogP) is 2.19. The number of carbonyl (C=O) groups excluding carboxylic acids is 1. The van der Waals surface area contributed by atoms with Crippen LogP contribution in [0.15, 0.2) is 10.6 Å². The fourth-order valence-corrected chi connectivity index (χ4v) is 4.15. The Bertz CT molecular complexity index is 611. The number of alkyl halides is 2. The maximum atomic E-state index is 13.3. The fraction of sp³-hybridized carbons (Fsp3) is 0.750. The summed E-state index contributed by atoms with van der Waals surface area (Å²) in [5.41, 5.74) is -0.0742. The van der Waals surface area contributed by atoms with Crippen LogP contribution in [0.2, 0.25) is 0 Å². The maximum absolute atomic E-state index is 13.3. The summed E-state index contributed by atoms with van der Waals surface area (Å²) >= 11 is 0. The van der Waals surface area contributed by atoms with Crippen molar-refractivity contribution in [2.75, 3.05) is 13.2 Å². The number of halogens is 2. The summed E-state index contributed by atoms with van der Waals surface area (Å²) in [4.78, 5) is 12.9. The van der Waals surface area contributed by atoms with Gasteiger partial charge in [0.05, 0.1) is 5.69 Å². The number of nitrogens with zero attached hydrogens (tertiary/aromatic N) is 1. The van der Waals surface area contributed by atoms with Crippen LogP contribution in [0.25, 0.3) is 0 Å². The first kappa shape index (κ1) is 15.1. The van der Waals surface area contributed by atoms with Crippen molar-refractivity contribution in [2.24, 2.45) is 11.8 Å². The Morgan fingerprint density at radius 3 is 2.52 bits per heavy atom. The summed E-state index contributed by atoms with van der Waals surface area (Å²) in [7, 11) is 0. The molecule has 0 radical (unpaired) electrons. The minimum atomic E-state index is -2.51. The Labute approximate surface area is 132 Å². The molecule has 1 aromatic heterocycles. The SMILES string of the molecule is Cc1cc(C2(C(=O)NC3CC4C(C3)C4(F)F)CCOCC2)on1. The van der Waals surface area contributed by atoms with Crippen molar-refractivity contribution in [3.8, 4) is 0 Å². The van der Waals surface area contributed by atoms with E-state index in [0.717, 1.165) is 5.69 Å². The number of fused-ring (bicyclic) bond motifs is 1. The Kier molecular flexibility index (Phi) is 3.27. The Hall–Kier alpha value is -1.50. The zero-order chi connectivity index (χ0) is 16.2. The molecule has 1 aliphatic heterocycles. The Morgan fingerprint density at radius 1 is 1.30 bits per heavy atom. The number of aromatic nitrogens is 1. The van der Waals surface area contributed by atoms with Crippen molar-refractivity contribution in [1.29, 1.82) is 0 Å². The van der Waals surface area contributed by atoms with E-state index in [-0.39, 0.29) is 11.9 Å². The molecule has 0 bridgehead atoms. The molecule has 23 heavy (non-hydrogen) atoms. The van der Waals surface area contributed by atoms with E-state index in [4.69, 9.17) is 9.26 Å². The third-order valence-corrected chi connectivity index (χ3v) is 5.66. The van der Waals surface area contributed by atoms with Gasteiger partial charge < -0.3 is 14.6 Å². The monoisotopic (exact) mass is 326 g/mol. The molecule has 1 aromatic rings. The highest BCUT2D eigenvalue weighted by molar-refractivity contribution is 5.88. The molecular formula is C16H20F2N2O3. The number of rotatable bonds is 3. The van der Waals surface area contributed by atoms with Crippen LogP contribution in [-0.4, -0.2) is 36.2 Å². The highest BCUT2D eigenvalue weighted by atomic mass is 19.3. The van der Waals surface area contributed by atoms with Gasteiger partial charge >= 0.3 is 0 Å². The van der Waals surface area contributed by atoms with Gasteiger partial charge in [0.15, 0.2) is 5.76 Å². The van der Waals surface area contributed by atoms with Gasteiger partial charge in [-0.15, -0.1) is 0 Å². The normalized spacial score (nSPS) is 34.0. The summed E-state index contributed by atoms with van der Waals surface area (Å²) in [6.07, 6.45) is 1.77. The van der Waals surface area contributed by atoms with Crippen LogP contribution in [0.1, 0.15) is 37.1 Å². The van der Waals surface area contributed by atoms with Crippen molar-refractivity contribution >= 4 is 5.91 Å². The van der Waals surface area contributed by atoms with Crippen LogP contribution < -0.4 is 5.32 Å². The van der Waals surface area contributed by atoms with Crippen LogP contribution in [0.4, 0.5) is 8.78 Å². The maximum Gasteiger partial charge on any atom is 0.254 e. The van der Waals surface area contributed by atoms with Gasteiger partial charge in [-0.1, -0.05) is 5.16 Å². The molecule has 1 saturated heterocycles. The zero-order valence-corrected chi connectivity index (χ0v) is 13.0. The molecule has 2 heterocycles. The van der Waals surface area contributed by atoms with E-state index in [2.05, 4.69) is 10.5 Å². The van der Waals surface area contributed by atoms with Gasteiger partial charge in [0.25, 0.3) is 5.92 Å². The third kappa shape index (κ3) is 2.28. The number of aryl methyl sites for hydroxylation is 1. The van der Waals surface area contributed by atoms with Crippen LogP contribution in [-0.2, 0) is 14.9 Å². The predicted molar refractivity (Wildman–Crippen MR) is 76.1 cm³/mol. The number of carbonyl (C=O) groups is 1. The first-order valence-corrected chi connectivity index (χ1v) is 8.14. The molecule has 0 spiro atoms. The summed E-state index contributed by atoms with van der Waals surface area (Å²) in [6, 6.07) is 1.62. The lowest BCUT2D eigenvalue weighted by Gasteiger charge is -2.34. The van der Waals surface area contributed by atoms with Crippen LogP contribution in [0.5, 0.6) is 0 Å². The van der Waals surface area contributed by atoms with E-state index < -0.39 is 23.2 Å². The Morgan fingerprint density at radius 2 is 1.96 bits per heavy atom. The molecule has 2 atom stereocenters. The molecular weight excluding hydrogens is 306 g/mol. The minimum Gasteiger partial charge on any atom is -0.381 e. The van der Waals surface area contributed by atoms with Crippen molar-refractivity contribution in [3.63, 3.8) is 0 Å². The van der Waals surface area contributed by atoms with Gasteiger partial charge in [0, 0.05) is 37.2 Å². The number of hydrogen-bond acceptors (Lipinski definition) is 4. The van der Waals surface area contributed by atoms with Gasteiger partial charge in [-0.25, -0.2) is 8.78 Å². The summed E-state index contributed by atoms with van der Waals surface area (Å²) < 4.78 is 37.3. The van der Waals surface area contributed by atoms with Gasteiger partial charge in [-0.05, 0) is 32.6 Å². The molecule has 2 saturated carbocycles. The highest BCUT2D eigenvalue weighted by Gasteiger charge is 2.71. The fourth-order valence-electron chi connectivity index (χ4n) is 4.15. The number of ether oxygens (including phenoxy) is 1. The van der Waals surface area contributed by atoms with Crippen LogP contribution in [0, 0.1) is 18.8 Å². The molecule has 1 amide bonds. The third-order valence-electron chi connectivity index (χ3n) is 5.66. The second-order valence-electron chi connectivity index (χ2n) is 7.06. The van der Waals surface area contributed by atoms with E-state index >= 15 is 0 Å². The molecule has 0 aromatic carbocycles. The van der Waals surface area contributed by atoms with Crippen molar-refractivity contribution < 1.29 is 22.8 Å². The highest BCUT2D eigenvalue weighted by Crippen LogP contribution is 2.64. The van der Waals surface area contributed by atoms with E-state index in [1.54, 1.807) is 6.07 Å². The first-order chi connectivity index (χ1) is 10.9. The number of hydrogen-bond donors (Lipinski definition) is 1. The quantitative estimate of drug-likeness (QED) is 0.925. The molecule has 1 N–H and O–H groups in total. The molecule has 4 rings (SSSR count). The lowest BCUT2D eigenvalue weighted by Crippen LogP contribution is -2.50. The largest absolute Gasteiger partial charge is 0.381 e. The average molecular weight is 326 g/mol. The molecule has 2 unspecified atom stereocenters. The standard InChI is InChI=1S/C16H20F2N2O3/c1-9-6-13(23-20-9)15(2-4-22-5-3-15)14(21)19-10-7-11-12(8-10)16(11,17)18/h6,10-12H,2-5,7-8H2,1H3,(H,19,21). The molecule has 126 valence electrons. The molecule has 7 heteroatoms. The van der Waals surface area contributed by atoms with Gasteiger partial charge in [0.2, 0.25) is 5.91 Å². The van der Waals surface area contributed by atoms with Crippen LogP contribution in [0.3, 0.4) is 0 Å². The molecule has 3 aliphatic rings. The first-order valence-electron chi connectivity index (χ1n) is 8.14. The van der Waals surface area contributed by atoms with Crippen molar-refractivity contribution in [2.45, 2.75) is 50.0 Å². The van der Waals surface area contributed by atoms with E-state index in [1.807, 2.05) is 6.92 Å². The lowest BCUT2D eigenvalue weighted by molar-refractivity contribution is -0.132. The second kappa shape index (κ2) is 5.00. The number of amides is 1. The summed E-state index contributed by atoms with van der Waals surface area (Å²) in [6.45, 7) is 2.76. The number of nitrogens with one attached hydrogen (secondary N) is 1. The summed E-state index contributed by atoms with van der Waals surface area (Å²) in [5.74, 6) is -3.22.